The Bertz CT molecular complexity index is 234. The second kappa shape index (κ2) is 9.05. The first-order valence-electron chi connectivity index (χ1n) is 9.39. The zero-order chi connectivity index (χ0) is 14.2. The fraction of sp³-hybridized carbons (Fsp3) is 1.00. The van der Waals surface area contributed by atoms with Gasteiger partial charge in [0.15, 0.2) is 0 Å². The van der Waals surface area contributed by atoms with Gasteiger partial charge in [-0.05, 0) is 55.8 Å². The molecule has 0 spiro atoms. The summed E-state index contributed by atoms with van der Waals surface area (Å²) < 4.78 is 12.4. The molecule has 0 saturated heterocycles. The molecule has 0 aromatic rings. The van der Waals surface area contributed by atoms with E-state index in [0.717, 1.165) is 24.2 Å². The van der Waals surface area contributed by atoms with Gasteiger partial charge in [0.2, 0.25) is 0 Å². The Balaban J connectivity index is 1.62. The van der Waals surface area contributed by atoms with Crippen LogP contribution in [0.1, 0.15) is 90.4 Å². The monoisotopic (exact) mass is 282 g/mol. The minimum Gasteiger partial charge on any atom is -0.251 e. The molecule has 2 rings (SSSR count). The molecular formula is C19H35F. The maximum absolute atomic E-state index is 12.4. The molecule has 0 unspecified atom stereocenters. The molecule has 2 saturated carbocycles. The summed E-state index contributed by atoms with van der Waals surface area (Å²) in [6.07, 6.45) is 18.0. The highest BCUT2D eigenvalue weighted by atomic mass is 19.1. The molecule has 2 fully saturated rings. The first kappa shape index (κ1) is 16.3. The molecule has 0 radical (unpaired) electrons. The zero-order valence-electron chi connectivity index (χ0n) is 13.6. The fourth-order valence-corrected chi connectivity index (χ4v) is 4.73. The fourth-order valence-electron chi connectivity index (χ4n) is 4.73. The van der Waals surface area contributed by atoms with E-state index in [4.69, 9.17) is 0 Å². The molecule has 0 bridgehead atoms. The third-order valence-electron chi connectivity index (χ3n) is 6.18. The summed E-state index contributed by atoms with van der Waals surface area (Å²) in [6, 6.07) is 0. The van der Waals surface area contributed by atoms with Gasteiger partial charge in [-0.25, -0.2) is 0 Å². The highest BCUT2D eigenvalue weighted by molar-refractivity contribution is 4.82. The van der Waals surface area contributed by atoms with Crippen LogP contribution in [0.2, 0.25) is 0 Å². The lowest BCUT2D eigenvalue weighted by Gasteiger charge is -2.37. The summed E-state index contributed by atoms with van der Waals surface area (Å²) in [5, 5.41) is 0. The first-order valence-corrected chi connectivity index (χ1v) is 9.39. The third kappa shape index (κ3) is 5.04. The Kier molecular flexibility index (Phi) is 7.38. The molecule has 0 aliphatic heterocycles. The van der Waals surface area contributed by atoms with Crippen LogP contribution in [0, 0.1) is 23.7 Å². The van der Waals surface area contributed by atoms with E-state index in [0.29, 0.717) is 5.92 Å². The van der Waals surface area contributed by atoms with Crippen molar-refractivity contribution in [3.8, 4) is 0 Å². The summed E-state index contributed by atoms with van der Waals surface area (Å²) in [6.45, 7) is 2.20. The average molecular weight is 282 g/mol. The second-order valence-corrected chi connectivity index (χ2v) is 7.54. The number of hydrogen-bond donors (Lipinski definition) is 0. The van der Waals surface area contributed by atoms with Crippen molar-refractivity contribution < 1.29 is 4.39 Å². The number of unbranched alkanes of at least 4 members (excludes halogenated alkanes) is 2. The highest BCUT2D eigenvalue weighted by Crippen LogP contribution is 2.42. The van der Waals surface area contributed by atoms with Crippen LogP contribution in [0.3, 0.4) is 0 Å². The number of rotatable bonds is 7. The van der Waals surface area contributed by atoms with Gasteiger partial charge in [-0.1, -0.05) is 58.3 Å². The molecule has 0 N–H and O–H groups in total. The molecule has 2 aliphatic rings. The molecule has 0 amide bonds. The minimum absolute atomic E-state index is 0.0990. The Hall–Kier alpha value is -0.0700. The SMILES string of the molecule is CCCCCC1CCC(C2CCC(CCF)CC2)CC1. The van der Waals surface area contributed by atoms with E-state index in [1.807, 2.05) is 0 Å². The average Bonchev–Trinajstić information content (AvgIpc) is 2.49. The first-order chi connectivity index (χ1) is 9.83. The maximum Gasteiger partial charge on any atom is 0.0897 e. The van der Waals surface area contributed by atoms with Crippen LogP contribution in [0.4, 0.5) is 4.39 Å². The molecular weight excluding hydrogens is 247 g/mol. The quantitative estimate of drug-likeness (QED) is 0.465. The summed E-state index contributed by atoms with van der Waals surface area (Å²) in [4.78, 5) is 0. The van der Waals surface area contributed by atoms with Gasteiger partial charge < -0.3 is 0 Å². The molecule has 1 heteroatoms. The van der Waals surface area contributed by atoms with Crippen molar-refractivity contribution in [2.75, 3.05) is 6.67 Å². The van der Waals surface area contributed by atoms with E-state index in [-0.39, 0.29) is 6.67 Å². The van der Waals surface area contributed by atoms with Gasteiger partial charge in [0, 0.05) is 0 Å². The standard InChI is InChI=1S/C19H35F/c1-2-3-4-5-16-6-10-18(11-7-16)19-12-8-17(9-13-19)14-15-20/h16-19H,2-15H2,1H3. The summed E-state index contributed by atoms with van der Waals surface area (Å²) in [5.41, 5.74) is 0. The molecule has 0 aromatic carbocycles. The number of hydrogen-bond acceptors (Lipinski definition) is 0. The van der Waals surface area contributed by atoms with Gasteiger partial charge in [-0.2, -0.15) is 0 Å². The van der Waals surface area contributed by atoms with E-state index >= 15 is 0 Å². The van der Waals surface area contributed by atoms with Crippen LogP contribution in [-0.2, 0) is 0 Å². The summed E-state index contributed by atoms with van der Waals surface area (Å²) in [5.74, 6) is 3.76. The van der Waals surface area contributed by atoms with Crippen molar-refractivity contribution in [1.82, 2.24) is 0 Å². The van der Waals surface area contributed by atoms with Gasteiger partial charge >= 0.3 is 0 Å². The Labute approximate surface area is 125 Å². The smallest absolute Gasteiger partial charge is 0.0897 e. The Morgan fingerprint density at radius 3 is 1.65 bits per heavy atom. The van der Waals surface area contributed by atoms with Crippen LogP contribution >= 0.6 is 0 Å². The van der Waals surface area contributed by atoms with E-state index in [1.54, 1.807) is 0 Å². The van der Waals surface area contributed by atoms with E-state index in [9.17, 15) is 4.39 Å². The predicted molar refractivity (Wildman–Crippen MR) is 85.6 cm³/mol. The Morgan fingerprint density at radius 2 is 1.20 bits per heavy atom. The van der Waals surface area contributed by atoms with Crippen LogP contribution in [0.15, 0.2) is 0 Å². The van der Waals surface area contributed by atoms with Crippen LogP contribution in [-0.4, -0.2) is 6.67 Å². The third-order valence-corrected chi connectivity index (χ3v) is 6.18. The summed E-state index contributed by atoms with van der Waals surface area (Å²) >= 11 is 0. The van der Waals surface area contributed by atoms with Gasteiger partial charge in [0.05, 0.1) is 6.67 Å². The lowest BCUT2D eigenvalue weighted by Crippen LogP contribution is -2.26. The van der Waals surface area contributed by atoms with Crippen molar-refractivity contribution >= 4 is 0 Å². The van der Waals surface area contributed by atoms with Crippen LogP contribution in [0.25, 0.3) is 0 Å². The van der Waals surface area contributed by atoms with Gasteiger partial charge in [-0.3, -0.25) is 4.39 Å². The molecule has 118 valence electrons. The van der Waals surface area contributed by atoms with Crippen molar-refractivity contribution in [2.24, 2.45) is 23.7 Å². The summed E-state index contributed by atoms with van der Waals surface area (Å²) in [7, 11) is 0. The normalized spacial score (nSPS) is 35.1. The largest absolute Gasteiger partial charge is 0.251 e. The maximum atomic E-state index is 12.4. The van der Waals surface area contributed by atoms with E-state index in [2.05, 4.69) is 6.92 Å². The minimum atomic E-state index is -0.0990. The zero-order valence-corrected chi connectivity index (χ0v) is 13.6. The Morgan fingerprint density at radius 1 is 0.700 bits per heavy atom. The van der Waals surface area contributed by atoms with Crippen molar-refractivity contribution in [3.63, 3.8) is 0 Å². The van der Waals surface area contributed by atoms with Gasteiger partial charge in [0.1, 0.15) is 0 Å². The van der Waals surface area contributed by atoms with Crippen molar-refractivity contribution in [3.05, 3.63) is 0 Å². The number of alkyl halides is 1. The topological polar surface area (TPSA) is 0 Å². The molecule has 0 aromatic heterocycles. The van der Waals surface area contributed by atoms with E-state index in [1.165, 1.54) is 77.0 Å². The van der Waals surface area contributed by atoms with Gasteiger partial charge in [-0.15, -0.1) is 0 Å². The lowest BCUT2D eigenvalue weighted by molar-refractivity contribution is 0.138. The molecule has 0 atom stereocenters. The van der Waals surface area contributed by atoms with Crippen molar-refractivity contribution in [1.29, 1.82) is 0 Å². The molecule has 0 nitrogen and oxygen atoms in total. The lowest BCUT2D eigenvalue weighted by atomic mass is 9.68. The molecule has 2 aliphatic carbocycles. The highest BCUT2D eigenvalue weighted by Gasteiger charge is 2.30. The molecule has 20 heavy (non-hydrogen) atoms. The number of halogens is 1. The van der Waals surface area contributed by atoms with Gasteiger partial charge in [0.25, 0.3) is 0 Å². The van der Waals surface area contributed by atoms with Crippen LogP contribution < -0.4 is 0 Å². The second-order valence-electron chi connectivity index (χ2n) is 7.54. The van der Waals surface area contributed by atoms with Crippen molar-refractivity contribution in [2.45, 2.75) is 90.4 Å². The van der Waals surface area contributed by atoms with E-state index < -0.39 is 0 Å². The predicted octanol–water partition coefficient (Wildman–Crippen LogP) is 6.54. The van der Waals surface area contributed by atoms with Crippen LogP contribution in [0.5, 0.6) is 0 Å². The molecule has 0 heterocycles.